The maximum atomic E-state index is 14.1. The molecular formula is C21H20FN3O2. The van der Waals surface area contributed by atoms with Gasteiger partial charge in [-0.15, -0.1) is 5.10 Å². The van der Waals surface area contributed by atoms with Gasteiger partial charge in [-0.2, -0.15) is 0 Å². The average Bonchev–Trinajstić information content (AvgIpc) is 3.10. The predicted octanol–water partition coefficient (Wildman–Crippen LogP) is 3.57. The lowest BCUT2D eigenvalue weighted by Gasteiger charge is -2.28. The van der Waals surface area contributed by atoms with Gasteiger partial charge < -0.3 is 9.64 Å². The summed E-state index contributed by atoms with van der Waals surface area (Å²) in [5.41, 5.74) is 2.90. The number of carbonyl (C=O) groups is 1. The Morgan fingerprint density at radius 1 is 1.11 bits per heavy atom. The van der Waals surface area contributed by atoms with Crippen LogP contribution in [0.5, 0.6) is 5.88 Å². The van der Waals surface area contributed by atoms with Crippen LogP contribution in [0, 0.1) is 12.7 Å². The maximum absolute atomic E-state index is 14.1. The van der Waals surface area contributed by atoms with Crippen LogP contribution in [0.25, 0.3) is 0 Å². The smallest absolute Gasteiger partial charge is 0.272 e. The average molecular weight is 365 g/mol. The Kier molecular flexibility index (Phi) is 4.62. The molecular weight excluding hydrogens is 345 g/mol. The van der Waals surface area contributed by atoms with Crippen molar-refractivity contribution in [2.75, 3.05) is 6.54 Å². The third-order valence-corrected chi connectivity index (χ3v) is 4.78. The molecule has 138 valence electrons. The second-order valence-electron chi connectivity index (χ2n) is 6.63. The van der Waals surface area contributed by atoms with E-state index in [9.17, 15) is 9.18 Å². The summed E-state index contributed by atoms with van der Waals surface area (Å²) in [7, 11) is 0. The second kappa shape index (κ2) is 7.23. The lowest BCUT2D eigenvalue weighted by molar-refractivity contribution is 0.0681. The van der Waals surface area contributed by atoms with Crippen LogP contribution in [-0.2, 0) is 19.7 Å². The van der Waals surface area contributed by atoms with Crippen LogP contribution in [0.3, 0.4) is 0 Å². The Labute approximate surface area is 157 Å². The standard InChI is InChI=1S/C21H20FN3O2/c1-15-6-5-9-18(22)17(15)13-24-10-11-25-19(21(24)26)12-20(23-25)27-14-16-7-3-2-4-8-16/h2-9,12H,10-11,13-14H2,1H3. The summed E-state index contributed by atoms with van der Waals surface area (Å²) in [6.07, 6.45) is 0. The van der Waals surface area contributed by atoms with E-state index in [1.54, 1.807) is 21.7 Å². The number of hydrogen-bond donors (Lipinski definition) is 0. The molecule has 3 aromatic rings. The number of amides is 1. The molecule has 27 heavy (non-hydrogen) atoms. The molecule has 0 fully saturated rings. The molecule has 6 heteroatoms. The van der Waals surface area contributed by atoms with Gasteiger partial charge >= 0.3 is 0 Å². The highest BCUT2D eigenvalue weighted by molar-refractivity contribution is 5.93. The highest BCUT2D eigenvalue weighted by Gasteiger charge is 2.27. The number of rotatable bonds is 5. The van der Waals surface area contributed by atoms with E-state index < -0.39 is 0 Å². The Morgan fingerprint density at radius 2 is 1.93 bits per heavy atom. The Hall–Kier alpha value is -3.15. The number of nitrogens with zero attached hydrogens (tertiary/aromatic N) is 3. The van der Waals surface area contributed by atoms with Gasteiger partial charge in [0.25, 0.3) is 5.91 Å². The third kappa shape index (κ3) is 3.56. The van der Waals surface area contributed by atoms with Gasteiger partial charge in [-0.25, -0.2) is 4.39 Å². The summed E-state index contributed by atoms with van der Waals surface area (Å²) in [6.45, 7) is 3.54. The van der Waals surface area contributed by atoms with Gasteiger partial charge in [0.05, 0.1) is 6.54 Å². The summed E-state index contributed by atoms with van der Waals surface area (Å²) in [5.74, 6) is -0.0224. The summed E-state index contributed by atoms with van der Waals surface area (Å²) < 4.78 is 21.5. The number of halogens is 1. The van der Waals surface area contributed by atoms with Crippen LogP contribution >= 0.6 is 0 Å². The molecule has 2 heterocycles. The van der Waals surface area contributed by atoms with E-state index in [0.717, 1.165) is 11.1 Å². The highest BCUT2D eigenvalue weighted by Crippen LogP contribution is 2.22. The lowest BCUT2D eigenvalue weighted by atomic mass is 10.1. The van der Waals surface area contributed by atoms with Crippen molar-refractivity contribution in [1.29, 1.82) is 0 Å². The molecule has 0 saturated carbocycles. The number of ether oxygens (including phenoxy) is 1. The summed E-state index contributed by atoms with van der Waals surface area (Å²) in [6, 6.07) is 16.4. The molecule has 2 aromatic carbocycles. The van der Waals surface area contributed by atoms with Crippen LogP contribution < -0.4 is 4.74 Å². The van der Waals surface area contributed by atoms with E-state index in [2.05, 4.69) is 5.10 Å². The first-order valence-corrected chi connectivity index (χ1v) is 8.89. The van der Waals surface area contributed by atoms with E-state index in [0.29, 0.717) is 36.8 Å². The van der Waals surface area contributed by atoms with Gasteiger partial charge in [0, 0.05) is 24.7 Å². The van der Waals surface area contributed by atoms with E-state index in [1.165, 1.54) is 6.07 Å². The largest absolute Gasteiger partial charge is 0.472 e. The van der Waals surface area contributed by atoms with Crippen molar-refractivity contribution in [2.45, 2.75) is 26.6 Å². The minimum Gasteiger partial charge on any atom is -0.472 e. The van der Waals surface area contributed by atoms with Crippen molar-refractivity contribution in [2.24, 2.45) is 0 Å². The fourth-order valence-electron chi connectivity index (χ4n) is 3.23. The molecule has 1 aromatic heterocycles. The zero-order valence-electron chi connectivity index (χ0n) is 15.1. The first-order valence-electron chi connectivity index (χ1n) is 8.89. The van der Waals surface area contributed by atoms with E-state index in [-0.39, 0.29) is 18.3 Å². The van der Waals surface area contributed by atoms with Crippen LogP contribution in [0.1, 0.15) is 27.2 Å². The van der Waals surface area contributed by atoms with Gasteiger partial charge in [-0.05, 0) is 24.1 Å². The van der Waals surface area contributed by atoms with E-state index in [4.69, 9.17) is 4.74 Å². The molecule has 4 rings (SSSR count). The van der Waals surface area contributed by atoms with Crippen LogP contribution in [0.15, 0.2) is 54.6 Å². The number of aromatic nitrogens is 2. The van der Waals surface area contributed by atoms with Crippen molar-refractivity contribution >= 4 is 5.91 Å². The van der Waals surface area contributed by atoms with Gasteiger partial charge in [0.1, 0.15) is 18.1 Å². The Morgan fingerprint density at radius 3 is 2.70 bits per heavy atom. The molecule has 1 amide bonds. The number of fused-ring (bicyclic) bond motifs is 1. The molecule has 0 N–H and O–H groups in total. The predicted molar refractivity (Wildman–Crippen MR) is 98.9 cm³/mol. The number of hydrogen-bond acceptors (Lipinski definition) is 3. The number of benzene rings is 2. The van der Waals surface area contributed by atoms with Crippen LogP contribution in [0.4, 0.5) is 4.39 Å². The summed E-state index contributed by atoms with van der Waals surface area (Å²) >= 11 is 0. The zero-order valence-corrected chi connectivity index (χ0v) is 15.1. The fraction of sp³-hybridized carbons (Fsp3) is 0.238. The molecule has 0 spiro atoms. The topological polar surface area (TPSA) is 47.4 Å². The summed E-state index contributed by atoms with van der Waals surface area (Å²) in [4.78, 5) is 14.5. The van der Waals surface area contributed by atoms with Crippen molar-refractivity contribution in [3.8, 4) is 5.88 Å². The van der Waals surface area contributed by atoms with Gasteiger partial charge in [-0.3, -0.25) is 9.48 Å². The van der Waals surface area contributed by atoms with E-state index >= 15 is 0 Å². The molecule has 0 aliphatic carbocycles. The minimum atomic E-state index is -0.284. The van der Waals surface area contributed by atoms with Gasteiger partial charge in [0.2, 0.25) is 5.88 Å². The van der Waals surface area contributed by atoms with E-state index in [1.807, 2.05) is 43.3 Å². The van der Waals surface area contributed by atoms with Crippen molar-refractivity contribution < 1.29 is 13.9 Å². The number of carbonyl (C=O) groups excluding carboxylic acids is 1. The molecule has 0 saturated heterocycles. The van der Waals surface area contributed by atoms with Gasteiger partial charge in [-0.1, -0.05) is 42.5 Å². The van der Waals surface area contributed by atoms with Crippen molar-refractivity contribution in [3.63, 3.8) is 0 Å². The quantitative estimate of drug-likeness (QED) is 0.695. The Balaban J connectivity index is 1.48. The molecule has 1 aliphatic rings. The third-order valence-electron chi connectivity index (χ3n) is 4.78. The normalized spacial score (nSPS) is 13.6. The molecule has 5 nitrogen and oxygen atoms in total. The molecule has 1 aliphatic heterocycles. The monoisotopic (exact) mass is 365 g/mol. The SMILES string of the molecule is Cc1cccc(F)c1CN1CCn2nc(OCc3ccccc3)cc2C1=O. The van der Waals surface area contributed by atoms with Crippen molar-refractivity contribution in [3.05, 3.63) is 82.8 Å². The van der Waals surface area contributed by atoms with Crippen molar-refractivity contribution in [1.82, 2.24) is 14.7 Å². The molecule has 0 atom stereocenters. The molecule has 0 bridgehead atoms. The number of aryl methyl sites for hydroxylation is 1. The van der Waals surface area contributed by atoms with Crippen LogP contribution in [-0.4, -0.2) is 27.1 Å². The minimum absolute atomic E-state index is 0.161. The first kappa shape index (κ1) is 17.3. The maximum Gasteiger partial charge on any atom is 0.272 e. The Bertz CT molecular complexity index is 949. The zero-order chi connectivity index (χ0) is 18.8. The summed E-state index contributed by atoms with van der Waals surface area (Å²) in [5, 5.41) is 4.37. The lowest BCUT2D eigenvalue weighted by Crippen LogP contribution is -2.40. The second-order valence-corrected chi connectivity index (χ2v) is 6.63. The van der Waals surface area contributed by atoms with Gasteiger partial charge in [0.15, 0.2) is 0 Å². The first-order chi connectivity index (χ1) is 13.1. The molecule has 0 unspecified atom stereocenters. The van der Waals surface area contributed by atoms with Crippen LogP contribution in [0.2, 0.25) is 0 Å². The molecule has 0 radical (unpaired) electrons. The fourth-order valence-corrected chi connectivity index (χ4v) is 3.23. The highest BCUT2D eigenvalue weighted by atomic mass is 19.1.